The van der Waals surface area contributed by atoms with Crippen molar-refractivity contribution in [3.05, 3.63) is 0 Å². The van der Waals surface area contributed by atoms with Gasteiger partial charge in [-0.15, -0.1) is 0 Å². The predicted molar refractivity (Wildman–Crippen MR) is 96.3 cm³/mol. The van der Waals surface area contributed by atoms with Gasteiger partial charge in [-0.3, -0.25) is 4.79 Å². The maximum absolute atomic E-state index is 11.7. The number of carbonyl (C=O) groups is 1. The number of carbonyl (C=O) groups excluding carboxylic acids is 1. The Balaban J connectivity index is 3.24. The van der Waals surface area contributed by atoms with Crippen molar-refractivity contribution < 1.29 is 23.7 Å². The second-order valence-electron chi connectivity index (χ2n) is 6.09. The van der Waals surface area contributed by atoms with E-state index in [2.05, 4.69) is 13.8 Å². The van der Waals surface area contributed by atoms with E-state index in [0.717, 1.165) is 32.3 Å². The van der Waals surface area contributed by atoms with Gasteiger partial charge in [0, 0.05) is 19.6 Å². The van der Waals surface area contributed by atoms with Gasteiger partial charge in [-0.1, -0.05) is 33.1 Å². The Bertz CT molecular complexity index is 270. The van der Waals surface area contributed by atoms with Crippen LogP contribution in [0.25, 0.3) is 0 Å². The lowest BCUT2D eigenvalue weighted by atomic mass is 10.1. The normalized spacial score (nSPS) is 12.3. The SMILES string of the molecule is CCCCCC(C)OC(=O)CCCOCCOCCOCCCC. The van der Waals surface area contributed by atoms with Crippen molar-refractivity contribution in [1.29, 1.82) is 0 Å². The lowest BCUT2D eigenvalue weighted by molar-refractivity contribution is -0.149. The number of esters is 1. The Hall–Kier alpha value is -0.650. The molecule has 0 saturated heterocycles. The highest BCUT2D eigenvalue weighted by Crippen LogP contribution is 2.07. The summed E-state index contributed by atoms with van der Waals surface area (Å²) in [5.41, 5.74) is 0. The summed E-state index contributed by atoms with van der Waals surface area (Å²) >= 11 is 0. The van der Waals surface area contributed by atoms with E-state index in [1.807, 2.05) is 6.92 Å². The van der Waals surface area contributed by atoms with Crippen LogP contribution in [0.1, 0.15) is 72.1 Å². The molecule has 0 rings (SSSR count). The smallest absolute Gasteiger partial charge is 0.306 e. The van der Waals surface area contributed by atoms with E-state index >= 15 is 0 Å². The monoisotopic (exact) mass is 346 g/mol. The standard InChI is InChI=1S/C19H38O5/c1-4-6-8-10-18(3)24-19(20)11-9-13-22-15-17-23-16-14-21-12-7-5-2/h18H,4-17H2,1-3H3. The van der Waals surface area contributed by atoms with Gasteiger partial charge in [0.25, 0.3) is 0 Å². The highest BCUT2D eigenvalue weighted by molar-refractivity contribution is 5.69. The lowest BCUT2D eigenvalue weighted by Crippen LogP contribution is -2.15. The van der Waals surface area contributed by atoms with Crippen molar-refractivity contribution >= 4 is 5.97 Å². The average molecular weight is 347 g/mol. The molecule has 5 nitrogen and oxygen atoms in total. The van der Waals surface area contributed by atoms with Crippen molar-refractivity contribution in [2.24, 2.45) is 0 Å². The third-order valence-electron chi connectivity index (χ3n) is 3.60. The minimum absolute atomic E-state index is 0.0258. The molecule has 0 aromatic carbocycles. The summed E-state index contributed by atoms with van der Waals surface area (Å²) in [7, 11) is 0. The average Bonchev–Trinajstić information content (AvgIpc) is 2.56. The van der Waals surface area contributed by atoms with Crippen molar-refractivity contribution in [3.8, 4) is 0 Å². The van der Waals surface area contributed by atoms with Crippen LogP contribution >= 0.6 is 0 Å². The van der Waals surface area contributed by atoms with Crippen molar-refractivity contribution in [1.82, 2.24) is 0 Å². The van der Waals surface area contributed by atoms with Crippen LogP contribution in [0.5, 0.6) is 0 Å². The van der Waals surface area contributed by atoms with E-state index in [4.69, 9.17) is 18.9 Å². The van der Waals surface area contributed by atoms with Gasteiger partial charge in [0.1, 0.15) is 0 Å². The van der Waals surface area contributed by atoms with Gasteiger partial charge in [-0.2, -0.15) is 0 Å². The molecule has 0 aliphatic heterocycles. The topological polar surface area (TPSA) is 54.0 Å². The van der Waals surface area contributed by atoms with Gasteiger partial charge < -0.3 is 18.9 Å². The number of hydrogen-bond acceptors (Lipinski definition) is 5. The van der Waals surface area contributed by atoms with Crippen LogP contribution in [0.4, 0.5) is 0 Å². The first-order valence-electron chi connectivity index (χ1n) is 9.63. The number of rotatable bonds is 18. The van der Waals surface area contributed by atoms with Crippen LogP contribution in [-0.2, 0) is 23.7 Å². The summed E-state index contributed by atoms with van der Waals surface area (Å²) in [6.45, 7) is 10.0. The first-order chi connectivity index (χ1) is 11.7. The van der Waals surface area contributed by atoms with E-state index in [1.54, 1.807) is 0 Å². The van der Waals surface area contributed by atoms with Crippen LogP contribution in [-0.4, -0.2) is 51.7 Å². The van der Waals surface area contributed by atoms with E-state index in [1.165, 1.54) is 12.8 Å². The molecule has 0 spiro atoms. The molecule has 0 radical (unpaired) electrons. The molecule has 144 valence electrons. The molecule has 0 amide bonds. The molecule has 0 heterocycles. The molecule has 0 aromatic heterocycles. The van der Waals surface area contributed by atoms with E-state index < -0.39 is 0 Å². The van der Waals surface area contributed by atoms with E-state index in [-0.39, 0.29) is 12.1 Å². The first kappa shape index (κ1) is 23.4. The van der Waals surface area contributed by atoms with Crippen LogP contribution in [0.15, 0.2) is 0 Å². The summed E-state index contributed by atoms with van der Waals surface area (Å²) in [6.07, 6.45) is 7.86. The maximum atomic E-state index is 11.7. The van der Waals surface area contributed by atoms with Crippen molar-refractivity contribution in [3.63, 3.8) is 0 Å². The van der Waals surface area contributed by atoms with Crippen LogP contribution in [0.2, 0.25) is 0 Å². The molecule has 0 fully saturated rings. The van der Waals surface area contributed by atoms with E-state index in [9.17, 15) is 4.79 Å². The summed E-state index contributed by atoms with van der Waals surface area (Å²) in [5, 5.41) is 0. The van der Waals surface area contributed by atoms with Gasteiger partial charge in [0.05, 0.1) is 32.5 Å². The second-order valence-corrected chi connectivity index (χ2v) is 6.09. The Labute approximate surface area is 148 Å². The molecule has 0 aliphatic rings. The largest absolute Gasteiger partial charge is 0.463 e. The molecule has 0 saturated carbocycles. The fourth-order valence-corrected chi connectivity index (χ4v) is 2.13. The van der Waals surface area contributed by atoms with Gasteiger partial charge in [-0.05, 0) is 32.6 Å². The minimum Gasteiger partial charge on any atom is -0.463 e. The molecule has 1 unspecified atom stereocenters. The maximum Gasteiger partial charge on any atom is 0.306 e. The zero-order valence-corrected chi connectivity index (χ0v) is 16.0. The van der Waals surface area contributed by atoms with Crippen molar-refractivity contribution in [2.45, 2.75) is 78.2 Å². The van der Waals surface area contributed by atoms with Crippen LogP contribution in [0.3, 0.4) is 0 Å². The summed E-state index contributed by atoms with van der Waals surface area (Å²) in [5.74, 6) is -0.122. The lowest BCUT2D eigenvalue weighted by Gasteiger charge is -2.13. The zero-order valence-electron chi connectivity index (χ0n) is 16.0. The third kappa shape index (κ3) is 17.7. The predicted octanol–water partition coefficient (Wildman–Crippen LogP) is 4.13. The summed E-state index contributed by atoms with van der Waals surface area (Å²) < 4.78 is 21.6. The fourth-order valence-electron chi connectivity index (χ4n) is 2.13. The molecule has 5 heteroatoms. The van der Waals surface area contributed by atoms with Gasteiger partial charge in [-0.25, -0.2) is 0 Å². The molecule has 0 bridgehead atoms. The minimum atomic E-state index is -0.122. The van der Waals surface area contributed by atoms with Gasteiger partial charge in [0.2, 0.25) is 0 Å². The Morgan fingerprint density at radius 1 is 0.750 bits per heavy atom. The zero-order chi connectivity index (χ0) is 17.9. The molecular formula is C19H38O5. The number of unbranched alkanes of at least 4 members (excludes halogenated alkanes) is 3. The third-order valence-corrected chi connectivity index (χ3v) is 3.60. The Morgan fingerprint density at radius 3 is 1.88 bits per heavy atom. The highest BCUT2D eigenvalue weighted by atomic mass is 16.5. The summed E-state index contributed by atoms with van der Waals surface area (Å²) in [4.78, 5) is 11.7. The highest BCUT2D eigenvalue weighted by Gasteiger charge is 2.08. The molecule has 0 aliphatic carbocycles. The molecule has 1 atom stereocenters. The first-order valence-corrected chi connectivity index (χ1v) is 9.63. The Morgan fingerprint density at radius 2 is 1.29 bits per heavy atom. The van der Waals surface area contributed by atoms with E-state index in [0.29, 0.717) is 45.9 Å². The molecule has 24 heavy (non-hydrogen) atoms. The number of hydrogen-bond donors (Lipinski definition) is 0. The molecule has 0 aromatic rings. The number of ether oxygens (including phenoxy) is 4. The van der Waals surface area contributed by atoms with Crippen molar-refractivity contribution in [2.75, 3.05) is 39.6 Å². The second kappa shape index (κ2) is 18.7. The molecule has 0 N–H and O–H groups in total. The van der Waals surface area contributed by atoms with Crippen LogP contribution in [0, 0.1) is 0 Å². The fraction of sp³-hybridized carbons (Fsp3) is 0.947. The Kier molecular flexibility index (Phi) is 18.2. The summed E-state index contributed by atoms with van der Waals surface area (Å²) in [6, 6.07) is 0. The van der Waals surface area contributed by atoms with Crippen LogP contribution < -0.4 is 0 Å². The quantitative estimate of drug-likeness (QED) is 0.276. The van der Waals surface area contributed by atoms with Gasteiger partial charge in [0.15, 0.2) is 0 Å². The molecular weight excluding hydrogens is 308 g/mol. The van der Waals surface area contributed by atoms with Gasteiger partial charge >= 0.3 is 5.97 Å².